The number of aryl methyl sites for hydroxylation is 1. The second kappa shape index (κ2) is 6.43. The fraction of sp³-hybridized carbons (Fsp3) is 0.125. The van der Waals surface area contributed by atoms with Crippen molar-refractivity contribution in [1.82, 2.24) is 5.43 Å². The number of carbonyl (C=O) groups excluding carboxylic acids is 1. The Morgan fingerprint density at radius 3 is 2.41 bits per heavy atom. The molecule has 22 heavy (non-hydrogen) atoms. The quantitative estimate of drug-likeness (QED) is 0.680. The SMILES string of the molecule is Cc1ccccc1C(=O)NN=Cc1ccccc1C(F)(F)F. The fourth-order valence-corrected chi connectivity index (χ4v) is 1.92. The van der Waals surface area contributed by atoms with Crippen LogP contribution in [-0.4, -0.2) is 12.1 Å². The van der Waals surface area contributed by atoms with Crippen LogP contribution in [-0.2, 0) is 6.18 Å². The van der Waals surface area contributed by atoms with Gasteiger partial charge in [0.25, 0.3) is 5.91 Å². The van der Waals surface area contributed by atoms with E-state index in [0.29, 0.717) is 5.56 Å². The molecule has 0 radical (unpaired) electrons. The molecule has 0 heterocycles. The summed E-state index contributed by atoms with van der Waals surface area (Å²) in [4.78, 5) is 11.9. The molecular weight excluding hydrogens is 293 g/mol. The molecule has 0 aliphatic rings. The van der Waals surface area contributed by atoms with Crippen molar-refractivity contribution in [1.29, 1.82) is 0 Å². The van der Waals surface area contributed by atoms with E-state index in [9.17, 15) is 18.0 Å². The zero-order valence-corrected chi connectivity index (χ0v) is 11.7. The predicted molar refractivity (Wildman–Crippen MR) is 77.7 cm³/mol. The lowest BCUT2D eigenvalue weighted by Crippen LogP contribution is -2.19. The fourth-order valence-electron chi connectivity index (χ4n) is 1.92. The van der Waals surface area contributed by atoms with E-state index >= 15 is 0 Å². The number of hydrogen-bond acceptors (Lipinski definition) is 2. The molecular formula is C16H13F3N2O. The van der Waals surface area contributed by atoms with Crippen molar-refractivity contribution in [2.45, 2.75) is 13.1 Å². The summed E-state index contributed by atoms with van der Waals surface area (Å²) in [5, 5.41) is 3.61. The lowest BCUT2D eigenvalue weighted by atomic mass is 10.1. The molecule has 6 heteroatoms. The molecule has 0 spiro atoms. The number of rotatable bonds is 3. The molecule has 2 rings (SSSR count). The van der Waals surface area contributed by atoms with Crippen LogP contribution in [0.4, 0.5) is 13.2 Å². The number of nitrogens with zero attached hydrogens (tertiary/aromatic N) is 1. The Kier molecular flexibility index (Phi) is 4.60. The van der Waals surface area contributed by atoms with Gasteiger partial charge < -0.3 is 0 Å². The third-order valence-electron chi connectivity index (χ3n) is 3.03. The van der Waals surface area contributed by atoms with Gasteiger partial charge in [-0.25, -0.2) is 5.43 Å². The van der Waals surface area contributed by atoms with E-state index in [4.69, 9.17) is 0 Å². The Labute approximate surface area is 125 Å². The third kappa shape index (κ3) is 3.72. The number of hydrogen-bond donors (Lipinski definition) is 1. The van der Waals surface area contributed by atoms with Gasteiger partial charge in [-0.3, -0.25) is 4.79 Å². The second-order valence-electron chi connectivity index (χ2n) is 4.60. The van der Waals surface area contributed by atoms with Crippen LogP contribution in [0.25, 0.3) is 0 Å². The summed E-state index contributed by atoms with van der Waals surface area (Å²) in [6, 6.07) is 11.9. The Morgan fingerprint density at radius 1 is 1.09 bits per heavy atom. The molecule has 1 amide bonds. The van der Waals surface area contributed by atoms with Crippen LogP contribution in [0.1, 0.15) is 27.0 Å². The summed E-state index contributed by atoms with van der Waals surface area (Å²) in [7, 11) is 0. The topological polar surface area (TPSA) is 41.5 Å². The molecule has 0 saturated heterocycles. The molecule has 0 saturated carbocycles. The zero-order valence-electron chi connectivity index (χ0n) is 11.7. The van der Waals surface area contributed by atoms with E-state index in [0.717, 1.165) is 17.8 Å². The summed E-state index contributed by atoms with van der Waals surface area (Å²) in [6.07, 6.45) is -3.48. The van der Waals surface area contributed by atoms with Crippen molar-refractivity contribution in [2.24, 2.45) is 5.10 Å². The molecule has 1 N–H and O–H groups in total. The monoisotopic (exact) mass is 306 g/mol. The molecule has 0 atom stereocenters. The highest BCUT2D eigenvalue weighted by molar-refractivity contribution is 5.96. The van der Waals surface area contributed by atoms with Crippen LogP contribution in [0, 0.1) is 6.92 Å². The maximum atomic E-state index is 12.8. The van der Waals surface area contributed by atoms with Gasteiger partial charge in [0.2, 0.25) is 0 Å². The summed E-state index contributed by atoms with van der Waals surface area (Å²) < 4.78 is 38.4. The van der Waals surface area contributed by atoms with Crippen LogP contribution in [0.2, 0.25) is 0 Å². The minimum Gasteiger partial charge on any atom is -0.267 e. The van der Waals surface area contributed by atoms with Crippen LogP contribution in [0.3, 0.4) is 0 Å². The first-order chi connectivity index (χ1) is 10.4. The van der Waals surface area contributed by atoms with E-state index in [2.05, 4.69) is 10.5 Å². The molecule has 0 aliphatic heterocycles. The van der Waals surface area contributed by atoms with Gasteiger partial charge in [0.15, 0.2) is 0 Å². The highest BCUT2D eigenvalue weighted by atomic mass is 19.4. The minimum absolute atomic E-state index is 0.111. The average Bonchev–Trinajstić information content (AvgIpc) is 2.47. The molecule has 114 valence electrons. The van der Waals surface area contributed by atoms with Gasteiger partial charge >= 0.3 is 6.18 Å². The van der Waals surface area contributed by atoms with Gasteiger partial charge in [-0.2, -0.15) is 18.3 Å². The summed E-state index contributed by atoms with van der Waals surface area (Å²) in [6.45, 7) is 1.76. The number of amides is 1. The van der Waals surface area contributed by atoms with Crippen molar-refractivity contribution in [2.75, 3.05) is 0 Å². The molecule has 0 unspecified atom stereocenters. The van der Waals surface area contributed by atoms with E-state index in [1.807, 2.05) is 0 Å². The predicted octanol–water partition coefficient (Wildman–Crippen LogP) is 3.78. The van der Waals surface area contributed by atoms with Crippen molar-refractivity contribution in [3.8, 4) is 0 Å². The first-order valence-electron chi connectivity index (χ1n) is 6.45. The Balaban J connectivity index is 2.14. The van der Waals surface area contributed by atoms with Crippen LogP contribution in [0.15, 0.2) is 53.6 Å². The first kappa shape index (κ1) is 15.8. The molecule has 2 aromatic carbocycles. The number of alkyl halides is 3. The molecule has 3 nitrogen and oxygen atoms in total. The summed E-state index contributed by atoms with van der Waals surface area (Å²) in [5.74, 6) is -0.473. The van der Waals surface area contributed by atoms with E-state index in [-0.39, 0.29) is 5.56 Å². The third-order valence-corrected chi connectivity index (χ3v) is 3.03. The van der Waals surface area contributed by atoms with Crippen LogP contribution >= 0.6 is 0 Å². The van der Waals surface area contributed by atoms with Gasteiger partial charge in [-0.15, -0.1) is 0 Å². The minimum atomic E-state index is -4.47. The molecule has 0 fully saturated rings. The Bertz CT molecular complexity index is 709. The average molecular weight is 306 g/mol. The number of carbonyl (C=O) groups is 1. The van der Waals surface area contributed by atoms with Crippen molar-refractivity contribution >= 4 is 12.1 Å². The highest BCUT2D eigenvalue weighted by Crippen LogP contribution is 2.30. The summed E-state index contributed by atoms with van der Waals surface area (Å²) >= 11 is 0. The van der Waals surface area contributed by atoms with Gasteiger partial charge in [-0.1, -0.05) is 36.4 Å². The Hall–Kier alpha value is -2.63. The molecule has 2 aromatic rings. The van der Waals surface area contributed by atoms with E-state index in [1.54, 1.807) is 31.2 Å². The van der Waals surface area contributed by atoms with Crippen molar-refractivity contribution in [3.63, 3.8) is 0 Å². The number of hydrazone groups is 1. The molecule has 0 bridgehead atoms. The molecule has 0 aromatic heterocycles. The number of benzene rings is 2. The highest BCUT2D eigenvalue weighted by Gasteiger charge is 2.32. The van der Waals surface area contributed by atoms with Gasteiger partial charge in [0.1, 0.15) is 0 Å². The first-order valence-corrected chi connectivity index (χ1v) is 6.45. The standard InChI is InChI=1S/C16H13F3N2O/c1-11-6-2-4-8-13(11)15(22)21-20-10-12-7-3-5-9-14(12)16(17,18)19/h2-10H,1H3,(H,21,22). The largest absolute Gasteiger partial charge is 0.417 e. The van der Waals surface area contributed by atoms with Gasteiger partial charge in [0, 0.05) is 11.1 Å². The van der Waals surface area contributed by atoms with Crippen LogP contribution < -0.4 is 5.43 Å². The lowest BCUT2D eigenvalue weighted by Gasteiger charge is -2.09. The number of halogens is 3. The zero-order chi connectivity index (χ0) is 16.2. The van der Waals surface area contributed by atoms with Crippen molar-refractivity contribution < 1.29 is 18.0 Å². The molecule has 0 aliphatic carbocycles. The smallest absolute Gasteiger partial charge is 0.267 e. The van der Waals surface area contributed by atoms with Gasteiger partial charge in [-0.05, 0) is 24.6 Å². The maximum absolute atomic E-state index is 12.8. The van der Waals surface area contributed by atoms with E-state index in [1.165, 1.54) is 18.2 Å². The summed E-state index contributed by atoms with van der Waals surface area (Å²) in [5.41, 5.74) is 2.49. The van der Waals surface area contributed by atoms with E-state index < -0.39 is 17.6 Å². The van der Waals surface area contributed by atoms with Crippen molar-refractivity contribution in [3.05, 3.63) is 70.8 Å². The normalized spacial score (nSPS) is 11.6. The van der Waals surface area contributed by atoms with Gasteiger partial charge in [0.05, 0.1) is 11.8 Å². The second-order valence-corrected chi connectivity index (χ2v) is 4.60. The lowest BCUT2D eigenvalue weighted by molar-refractivity contribution is -0.137. The maximum Gasteiger partial charge on any atom is 0.417 e. The number of nitrogens with one attached hydrogen (secondary N) is 1. The van der Waals surface area contributed by atoms with Crippen LogP contribution in [0.5, 0.6) is 0 Å². The Morgan fingerprint density at radius 2 is 1.73 bits per heavy atom.